The van der Waals surface area contributed by atoms with Gasteiger partial charge in [0.1, 0.15) is 0 Å². The number of hydrogen-bond acceptors (Lipinski definition) is 0. The van der Waals surface area contributed by atoms with Crippen LogP contribution in [-0.2, 0) is 0 Å². The van der Waals surface area contributed by atoms with Crippen LogP contribution in [0.25, 0.3) is 0 Å². The highest BCUT2D eigenvalue weighted by atomic mass is 79.9. The Hall–Kier alpha value is 1.54. The fourth-order valence-corrected chi connectivity index (χ4v) is 0. The first kappa shape index (κ1) is 7.54. The first-order valence-corrected chi connectivity index (χ1v) is 3.54. The van der Waals surface area contributed by atoms with Crippen molar-refractivity contribution in [3.05, 3.63) is 5.33 Å². The Morgan fingerprint density at radius 3 is 1.67 bits per heavy atom. The standard InChI is InChI=1S/C2HBr2Cl2/c3-1-2(4,5)6/h1H. The Balaban J connectivity index is 3.17. The summed E-state index contributed by atoms with van der Waals surface area (Å²) in [4.78, 5) is 0. The summed E-state index contributed by atoms with van der Waals surface area (Å²) in [7, 11) is 0. The van der Waals surface area contributed by atoms with Crippen LogP contribution >= 0.6 is 55.1 Å². The van der Waals surface area contributed by atoms with Crippen LogP contribution in [0.5, 0.6) is 0 Å². The van der Waals surface area contributed by atoms with Crippen molar-refractivity contribution in [1.29, 1.82) is 0 Å². The molecule has 0 atom stereocenters. The lowest BCUT2D eigenvalue weighted by Crippen LogP contribution is -1.93. The molecule has 0 spiro atoms. The zero-order valence-electron chi connectivity index (χ0n) is 2.59. The molecule has 0 rings (SSSR count). The van der Waals surface area contributed by atoms with E-state index < -0.39 is 3.24 Å². The predicted molar refractivity (Wildman–Crippen MR) is 36.6 cm³/mol. The quantitative estimate of drug-likeness (QED) is 0.632. The van der Waals surface area contributed by atoms with Gasteiger partial charge in [0.05, 0.1) is 5.33 Å². The predicted octanol–water partition coefficient (Wildman–Crippen LogP) is 3.07. The second-order valence-electron chi connectivity index (χ2n) is 0.651. The summed E-state index contributed by atoms with van der Waals surface area (Å²) >= 11 is 16.4. The van der Waals surface area contributed by atoms with Crippen LogP contribution < -0.4 is 0 Å². The van der Waals surface area contributed by atoms with Gasteiger partial charge in [0.15, 0.2) is 3.24 Å². The molecule has 1 radical (unpaired) electrons. The van der Waals surface area contributed by atoms with Crippen molar-refractivity contribution < 1.29 is 0 Å². The first-order valence-electron chi connectivity index (χ1n) is 1.07. The molecular formula is C2HBr2Cl2. The Bertz CT molecular complexity index is 39.3. The monoisotopic (exact) mass is 253 g/mol. The van der Waals surface area contributed by atoms with Crippen molar-refractivity contribution in [3.8, 4) is 0 Å². The fourth-order valence-electron chi connectivity index (χ4n) is 0. The lowest BCUT2D eigenvalue weighted by molar-refractivity contribution is 1.51. The molecule has 37 valence electrons. The Morgan fingerprint density at radius 2 is 1.67 bits per heavy atom. The first-order chi connectivity index (χ1) is 2.56. The van der Waals surface area contributed by atoms with E-state index in [-0.39, 0.29) is 0 Å². The third-order valence-corrected chi connectivity index (χ3v) is 2.40. The molecule has 6 heavy (non-hydrogen) atoms. The molecule has 0 unspecified atom stereocenters. The van der Waals surface area contributed by atoms with Crippen molar-refractivity contribution in [2.75, 3.05) is 0 Å². The van der Waals surface area contributed by atoms with E-state index in [0.29, 0.717) is 0 Å². The molecule has 0 fully saturated rings. The number of halogens is 4. The summed E-state index contributed by atoms with van der Waals surface area (Å²) in [5.41, 5.74) is 0. The van der Waals surface area contributed by atoms with Crippen LogP contribution in [0.15, 0.2) is 0 Å². The van der Waals surface area contributed by atoms with E-state index in [4.69, 9.17) is 23.2 Å². The normalized spacial score (nSPS) is 12.0. The molecule has 0 N–H and O–H groups in total. The van der Waals surface area contributed by atoms with E-state index in [1.807, 2.05) is 0 Å². The van der Waals surface area contributed by atoms with E-state index in [1.54, 1.807) is 0 Å². The molecule has 0 aliphatic rings. The Labute approximate surface area is 63.4 Å². The van der Waals surface area contributed by atoms with E-state index in [9.17, 15) is 0 Å². The minimum atomic E-state index is -0.910. The largest absolute Gasteiger partial charge is 0.185 e. The van der Waals surface area contributed by atoms with Gasteiger partial charge in [0.25, 0.3) is 0 Å². The highest BCUT2D eigenvalue weighted by molar-refractivity contribution is 9.14. The molecular weight excluding hydrogens is 255 g/mol. The van der Waals surface area contributed by atoms with Gasteiger partial charge in [-0.25, -0.2) is 0 Å². The maximum absolute atomic E-state index is 5.30. The lowest BCUT2D eigenvalue weighted by Gasteiger charge is -2.01. The van der Waals surface area contributed by atoms with Gasteiger partial charge in [-0.15, -0.1) is 0 Å². The minimum Gasteiger partial charge on any atom is -0.0875 e. The Kier molecular flexibility index (Phi) is 3.46. The molecule has 0 aromatic rings. The number of alkyl halides is 3. The molecule has 0 bridgehead atoms. The van der Waals surface area contributed by atoms with Crippen LogP contribution in [0.4, 0.5) is 0 Å². The van der Waals surface area contributed by atoms with Gasteiger partial charge >= 0.3 is 0 Å². The zero-order chi connectivity index (χ0) is 5.21. The number of hydrogen-bond donors (Lipinski definition) is 0. The maximum Gasteiger partial charge on any atom is 0.185 e. The SMILES string of the molecule is ClC(Cl)(Br)[CH]Br. The zero-order valence-corrected chi connectivity index (χ0v) is 7.27. The molecule has 4 heteroatoms. The van der Waals surface area contributed by atoms with E-state index in [1.165, 1.54) is 5.33 Å². The average molecular weight is 256 g/mol. The molecule has 0 saturated heterocycles. The molecule has 0 amide bonds. The van der Waals surface area contributed by atoms with Crippen molar-refractivity contribution in [2.45, 2.75) is 3.24 Å². The summed E-state index contributed by atoms with van der Waals surface area (Å²) in [6, 6.07) is 0. The molecule has 0 aromatic heterocycles. The molecule has 0 nitrogen and oxygen atoms in total. The van der Waals surface area contributed by atoms with Gasteiger partial charge in [-0.3, -0.25) is 0 Å². The van der Waals surface area contributed by atoms with Crippen LogP contribution in [0.3, 0.4) is 0 Å². The number of rotatable bonds is 1. The van der Waals surface area contributed by atoms with Gasteiger partial charge in [-0.05, 0) is 15.9 Å². The summed E-state index contributed by atoms with van der Waals surface area (Å²) in [5.74, 6) is 0. The average Bonchev–Trinajstić information content (AvgIpc) is 1.35. The lowest BCUT2D eigenvalue weighted by atomic mass is 11.0. The van der Waals surface area contributed by atoms with Gasteiger partial charge in [0.2, 0.25) is 0 Å². The smallest absolute Gasteiger partial charge is 0.0875 e. The van der Waals surface area contributed by atoms with Crippen LogP contribution in [0, 0.1) is 5.33 Å². The summed E-state index contributed by atoms with van der Waals surface area (Å²) in [5, 5.41) is 1.45. The Morgan fingerprint density at radius 1 is 1.50 bits per heavy atom. The molecule has 0 heterocycles. The van der Waals surface area contributed by atoms with Crippen LogP contribution in [0.2, 0.25) is 0 Å². The maximum atomic E-state index is 5.30. The van der Waals surface area contributed by atoms with Crippen LogP contribution in [-0.4, -0.2) is 3.24 Å². The van der Waals surface area contributed by atoms with Crippen molar-refractivity contribution in [1.82, 2.24) is 0 Å². The van der Waals surface area contributed by atoms with Crippen molar-refractivity contribution >= 4 is 55.1 Å². The van der Waals surface area contributed by atoms with E-state index in [0.717, 1.165) is 0 Å². The molecule has 0 aromatic carbocycles. The summed E-state index contributed by atoms with van der Waals surface area (Å²) in [6.07, 6.45) is 0. The molecule has 0 saturated carbocycles. The minimum absolute atomic E-state index is 0.910. The van der Waals surface area contributed by atoms with Gasteiger partial charge in [-0.2, -0.15) is 0 Å². The second kappa shape index (κ2) is 2.75. The highest BCUT2D eigenvalue weighted by Crippen LogP contribution is 2.33. The van der Waals surface area contributed by atoms with Crippen molar-refractivity contribution in [3.63, 3.8) is 0 Å². The summed E-state index contributed by atoms with van der Waals surface area (Å²) < 4.78 is -0.910. The summed E-state index contributed by atoms with van der Waals surface area (Å²) in [6.45, 7) is 0. The third-order valence-electron chi connectivity index (χ3n) is 0.124. The topological polar surface area (TPSA) is 0 Å². The molecule has 0 aliphatic carbocycles. The second-order valence-corrected chi connectivity index (χ2v) is 4.66. The fraction of sp³-hybridized carbons (Fsp3) is 0.500. The van der Waals surface area contributed by atoms with Crippen molar-refractivity contribution in [2.24, 2.45) is 0 Å². The van der Waals surface area contributed by atoms with Gasteiger partial charge < -0.3 is 0 Å². The molecule has 0 aliphatic heterocycles. The highest BCUT2D eigenvalue weighted by Gasteiger charge is 2.15. The van der Waals surface area contributed by atoms with Gasteiger partial charge in [-0.1, -0.05) is 39.1 Å². The van der Waals surface area contributed by atoms with Gasteiger partial charge in [0, 0.05) is 0 Å². The van der Waals surface area contributed by atoms with E-state index >= 15 is 0 Å². The third kappa shape index (κ3) is 5.54. The van der Waals surface area contributed by atoms with E-state index in [2.05, 4.69) is 31.9 Å². The van der Waals surface area contributed by atoms with Crippen LogP contribution in [0.1, 0.15) is 0 Å².